The fourth-order valence-electron chi connectivity index (χ4n) is 1.60. The van der Waals surface area contributed by atoms with E-state index in [4.69, 9.17) is 0 Å². The zero-order valence-electron chi connectivity index (χ0n) is 7.42. The van der Waals surface area contributed by atoms with E-state index >= 15 is 0 Å². The molecular weight excluding hydrogens is 140 g/mol. The number of likely N-dealkylation sites (tertiary alicyclic amines) is 1. The van der Waals surface area contributed by atoms with Crippen molar-refractivity contribution < 1.29 is 4.79 Å². The Morgan fingerprint density at radius 3 is 2.55 bits per heavy atom. The molecule has 2 atom stereocenters. The van der Waals surface area contributed by atoms with Crippen LogP contribution in [-0.4, -0.2) is 37.0 Å². The van der Waals surface area contributed by atoms with Crippen LogP contribution in [0.15, 0.2) is 0 Å². The molecule has 3 heteroatoms. The van der Waals surface area contributed by atoms with Crippen LogP contribution < -0.4 is 5.32 Å². The second-order valence-electron chi connectivity index (χ2n) is 3.22. The zero-order valence-corrected chi connectivity index (χ0v) is 7.42. The third kappa shape index (κ3) is 1.53. The number of rotatable bonds is 1. The summed E-state index contributed by atoms with van der Waals surface area (Å²) < 4.78 is 0. The van der Waals surface area contributed by atoms with E-state index in [1.165, 1.54) is 0 Å². The summed E-state index contributed by atoms with van der Waals surface area (Å²) in [6, 6.07) is 0.660. The van der Waals surface area contributed by atoms with Gasteiger partial charge in [-0.05, 0) is 26.8 Å². The van der Waals surface area contributed by atoms with Gasteiger partial charge in [0.2, 0.25) is 5.91 Å². The Morgan fingerprint density at radius 1 is 1.55 bits per heavy atom. The molecule has 11 heavy (non-hydrogen) atoms. The highest BCUT2D eigenvalue weighted by atomic mass is 16.2. The van der Waals surface area contributed by atoms with Gasteiger partial charge in [-0.25, -0.2) is 0 Å². The largest absolute Gasteiger partial charge is 0.358 e. The van der Waals surface area contributed by atoms with Crippen LogP contribution in [0.3, 0.4) is 0 Å². The van der Waals surface area contributed by atoms with Crippen molar-refractivity contribution in [2.45, 2.75) is 31.8 Å². The highest BCUT2D eigenvalue weighted by Gasteiger charge is 2.31. The van der Waals surface area contributed by atoms with E-state index in [2.05, 4.69) is 17.1 Å². The SMILES string of the molecule is CNC(=O)C1CCC(C)N1C. The molecule has 1 fully saturated rings. The fourth-order valence-corrected chi connectivity index (χ4v) is 1.60. The van der Waals surface area contributed by atoms with Gasteiger partial charge >= 0.3 is 0 Å². The molecule has 0 spiro atoms. The Balaban J connectivity index is 2.54. The lowest BCUT2D eigenvalue weighted by Crippen LogP contribution is -2.41. The minimum atomic E-state index is 0.106. The van der Waals surface area contributed by atoms with Crippen LogP contribution in [0.1, 0.15) is 19.8 Å². The summed E-state index contributed by atoms with van der Waals surface area (Å²) in [5, 5.41) is 2.68. The van der Waals surface area contributed by atoms with E-state index < -0.39 is 0 Å². The van der Waals surface area contributed by atoms with Crippen molar-refractivity contribution in [2.75, 3.05) is 14.1 Å². The van der Waals surface area contributed by atoms with Gasteiger partial charge in [0.25, 0.3) is 0 Å². The van der Waals surface area contributed by atoms with Crippen molar-refractivity contribution in [3.8, 4) is 0 Å². The minimum absolute atomic E-state index is 0.106. The van der Waals surface area contributed by atoms with Gasteiger partial charge in [0, 0.05) is 13.1 Å². The number of hydrogen-bond acceptors (Lipinski definition) is 2. The van der Waals surface area contributed by atoms with E-state index in [0.29, 0.717) is 6.04 Å². The lowest BCUT2D eigenvalue weighted by Gasteiger charge is -2.21. The molecule has 0 radical (unpaired) electrons. The summed E-state index contributed by atoms with van der Waals surface area (Å²) in [6.07, 6.45) is 2.13. The van der Waals surface area contributed by atoms with E-state index in [9.17, 15) is 4.79 Å². The molecule has 1 saturated heterocycles. The highest BCUT2D eigenvalue weighted by molar-refractivity contribution is 5.81. The summed E-state index contributed by atoms with van der Waals surface area (Å²) in [7, 11) is 3.71. The van der Waals surface area contributed by atoms with Crippen LogP contribution in [0.25, 0.3) is 0 Å². The second-order valence-corrected chi connectivity index (χ2v) is 3.22. The summed E-state index contributed by atoms with van der Waals surface area (Å²) >= 11 is 0. The molecule has 0 aromatic carbocycles. The van der Waals surface area contributed by atoms with Gasteiger partial charge in [0.05, 0.1) is 6.04 Å². The third-order valence-electron chi connectivity index (χ3n) is 2.59. The van der Waals surface area contributed by atoms with Gasteiger partial charge < -0.3 is 5.32 Å². The van der Waals surface area contributed by atoms with Gasteiger partial charge in [-0.3, -0.25) is 9.69 Å². The number of carbonyl (C=O) groups is 1. The lowest BCUT2D eigenvalue weighted by atomic mass is 10.2. The molecule has 0 aromatic heterocycles. The third-order valence-corrected chi connectivity index (χ3v) is 2.59. The Kier molecular flexibility index (Phi) is 2.49. The molecule has 1 aliphatic heterocycles. The molecule has 1 N–H and O–H groups in total. The van der Waals surface area contributed by atoms with E-state index in [-0.39, 0.29) is 11.9 Å². The normalized spacial score (nSPS) is 32.3. The minimum Gasteiger partial charge on any atom is -0.358 e. The Morgan fingerprint density at radius 2 is 2.18 bits per heavy atom. The first-order chi connectivity index (χ1) is 5.16. The molecule has 0 bridgehead atoms. The molecule has 0 saturated carbocycles. The predicted octanol–water partition coefficient (Wildman–Crippen LogP) is 0.215. The standard InChI is InChI=1S/C8H16N2O/c1-6-4-5-7(10(6)3)8(11)9-2/h6-7H,4-5H2,1-3H3,(H,9,11). The molecule has 0 aromatic rings. The van der Waals surface area contributed by atoms with Crippen molar-refractivity contribution in [1.82, 2.24) is 10.2 Å². The first kappa shape index (κ1) is 8.53. The summed E-state index contributed by atoms with van der Waals surface area (Å²) in [6.45, 7) is 2.16. The molecule has 1 aliphatic rings. The van der Waals surface area contributed by atoms with Crippen LogP contribution in [-0.2, 0) is 4.79 Å². The van der Waals surface area contributed by atoms with E-state index in [1.54, 1.807) is 7.05 Å². The van der Waals surface area contributed by atoms with E-state index in [1.807, 2.05) is 7.05 Å². The zero-order chi connectivity index (χ0) is 8.43. The van der Waals surface area contributed by atoms with Gasteiger partial charge in [0.1, 0.15) is 0 Å². The van der Waals surface area contributed by atoms with E-state index in [0.717, 1.165) is 12.8 Å². The predicted molar refractivity (Wildman–Crippen MR) is 44.3 cm³/mol. The summed E-state index contributed by atoms with van der Waals surface area (Å²) in [4.78, 5) is 13.4. The number of hydrogen-bond donors (Lipinski definition) is 1. The maximum atomic E-state index is 11.2. The monoisotopic (exact) mass is 156 g/mol. The number of carbonyl (C=O) groups excluding carboxylic acids is 1. The van der Waals surface area contributed by atoms with Crippen molar-refractivity contribution >= 4 is 5.91 Å². The molecule has 1 heterocycles. The lowest BCUT2D eigenvalue weighted by molar-refractivity contribution is -0.124. The van der Waals surface area contributed by atoms with Crippen LogP contribution >= 0.6 is 0 Å². The summed E-state index contributed by atoms with van der Waals surface area (Å²) in [5.74, 6) is 0.150. The molecule has 2 unspecified atom stereocenters. The van der Waals surface area contributed by atoms with Gasteiger partial charge in [-0.1, -0.05) is 0 Å². The molecule has 0 aliphatic carbocycles. The smallest absolute Gasteiger partial charge is 0.237 e. The molecule has 1 amide bonds. The van der Waals surface area contributed by atoms with Crippen LogP contribution in [0.2, 0.25) is 0 Å². The quantitative estimate of drug-likeness (QED) is 0.589. The first-order valence-corrected chi connectivity index (χ1v) is 4.10. The van der Waals surface area contributed by atoms with Crippen molar-refractivity contribution in [3.63, 3.8) is 0 Å². The maximum absolute atomic E-state index is 11.2. The van der Waals surface area contributed by atoms with Crippen molar-refractivity contribution in [1.29, 1.82) is 0 Å². The van der Waals surface area contributed by atoms with Gasteiger partial charge in [0.15, 0.2) is 0 Å². The number of likely N-dealkylation sites (N-methyl/N-ethyl adjacent to an activating group) is 2. The Bertz CT molecular complexity index is 158. The highest BCUT2D eigenvalue weighted by Crippen LogP contribution is 2.21. The van der Waals surface area contributed by atoms with Crippen molar-refractivity contribution in [3.05, 3.63) is 0 Å². The Labute approximate surface area is 67.8 Å². The molecule has 1 rings (SSSR count). The fraction of sp³-hybridized carbons (Fsp3) is 0.875. The number of nitrogens with one attached hydrogen (secondary N) is 1. The molecule has 64 valence electrons. The van der Waals surface area contributed by atoms with Crippen LogP contribution in [0.4, 0.5) is 0 Å². The van der Waals surface area contributed by atoms with Crippen molar-refractivity contribution in [2.24, 2.45) is 0 Å². The Hall–Kier alpha value is -0.570. The molecule has 3 nitrogen and oxygen atoms in total. The topological polar surface area (TPSA) is 32.3 Å². The molecular formula is C8H16N2O. The summed E-state index contributed by atoms with van der Waals surface area (Å²) in [5.41, 5.74) is 0. The second kappa shape index (κ2) is 3.22. The number of nitrogens with zero attached hydrogens (tertiary/aromatic N) is 1. The van der Waals surface area contributed by atoms with Crippen LogP contribution in [0.5, 0.6) is 0 Å². The van der Waals surface area contributed by atoms with Crippen LogP contribution in [0, 0.1) is 0 Å². The average molecular weight is 156 g/mol. The number of amides is 1. The first-order valence-electron chi connectivity index (χ1n) is 4.10. The average Bonchev–Trinajstić information content (AvgIpc) is 2.32. The maximum Gasteiger partial charge on any atom is 0.237 e. The van der Waals surface area contributed by atoms with Gasteiger partial charge in [-0.15, -0.1) is 0 Å². The van der Waals surface area contributed by atoms with Gasteiger partial charge in [-0.2, -0.15) is 0 Å².